The molecule has 2 aromatic rings. The number of nitro groups is 1. The molecule has 7 heteroatoms. The van der Waals surface area contributed by atoms with Crippen LogP contribution in [0.1, 0.15) is 0 Å². The Morgan fingerprint density at radius 3 is 2.58 bits per heavy atom. The maximum absolute atomic E-state index is 10.7. The van der Waals surface area contributed by atoms with E-state index in [0.29, 0.717) is 10.8 Å². The lowest BCUT2D eigenvalue weighted by atomic mass is 10.2. The molecule has 0 atom stereocenters. The largest absolute Gasteiger partial charge is 0.456 e. The second-order valence-corrected chi connectivity index (χ2v) is 4.50. The van der Waals surface area contributed by atoms with Crippen LogP contribution in [0.25, 0.3) is 0 Å². The number of ether oxygens (including phenoxy) is 1. The first kappa shape index (κ1) is 13.5. The molecule has 0 radical (unpaired) electrons. The molecule has 0 heterocycles. The molecule has 5 nitrogen and oxygen atoms in total. The number of nitro benzene ring substituents is 1. The third-order valence-corrected chi connectivity index (χ3v) is 2.83. The molecule has 98 valence electrons. The second kappa shape index (κ2) is 5.34. The summed E-state index contributed by atoms with van der Waals surface area (Å²) in [6.07, 6.45) is 0. The summed E-state index contributed by atoms with van der Waals surface area (Å²) in [5, 5.41) is 11.3. The van der Waals surface area contributed by atoms with Crippen molar-refractivity contribution in [3.05, 3.63) is 56.6 Å². The highest BCUT2D eigenvalue weighted by Gasteiger charge is 2.16. The van der Waals surface area contributed by atoms with E-state index in [1.807, 2.05) is 0 Å². The Kier molecular flexibility index (Phi) is 3.78. The molecule has 0 amide bonds. The third-order valence-electron chi connectivity index (χ3n) is 2.30. The normalized spacial score (nSPS) is 10.2. The number of hydrogen-bond donors (Lipinski definition) is 1. The number of nitrogen functional groups attached to an aromatic ring is 1. The van der Waals surface area contributed by atoms with E-state index in [-0.39, 0.29) is 22.1 Å². The summed E-state index contributed by atoms with van der Waals surface area (Å²) in [7, 11) is 0. The number of halogens is 2. The van der Waals surface area contributed by atoms with Crippen LogP contribution < -0.4 is 10.5 Å². The first-order valence-electron chi connectivity index (χ1n) is 5.14. The minimum Gasteiger partial charge on any atom is -0.456 e. The van der Waals surface area contributed by atoms with Gasteiger partial charge in [-0.1, -0.05) is 29.3 Å². The van der Waals surface area contributed by atoms with Gasteiger partial charge < -0.3 is 10.5 Å². The Morgan fingerprint density at radius 1 is 1.21 bits per heavy atom. The van der Waals surface area contributed by atoms with Crippen LogP contribution in [-0.2, 0) is 0 Å². The molecule has 0 aromatic heterocycles. The Hall–Kier alpha value is -1.98. The van der Waals surface area contributed by atoms with Gasteiger partial charge >= 0.3 is 0 Å². The molecular formula is C12H8Cl2N2O3. The Morgan fingerprint density at radius 2 is 1.95 bits per heavy atom. The van der Waals surface area contributed by atoms with Gasteiger partial charge in [-0.25, -0.2) is 0 Å². The molecule has 2 aromatic carbocycles. The zero-order valence-corrected chi connectivity index (χ0v) is 11.0. The highest BCUT2D eigenvalue weighted by molar-refractivity contribution is 6.32. The summed E-state index contributed by atoms with van der Waals surface area (Å²) in [5.74, 6) is 0.690. The predicted molar refractivity (Wildman–Crippen MR) is 74.0 cm³/mol. The van der Waals surface area contributed by atoms with Crippen molar-refractivity contribution in [2.45, 2.75) is 0 Å². The first-order chi connectivity index (χ1) is 8.97. The smallest absolute Gasteiger partial charge is 0.293 e. The van der Waals surface area contributed by atoms with Gasteiger partial charge in [-0.05, 0) is 18.2 Å². The summed E-state index contributed by atoms with van der Waals surface area (Å²) in [5.41, 5.74) is 5.29. The Bertz CT molecular complexity index is 647. The predicted octanol–water partition coefficient (Wildman–Crippen LogP) is 4.28. The zero-order chi connectivity index (χ0) is 14.0. The van der Waals surface area contributed by atoms with Crippen molar-refractivity contribution in [2.75, 3.05) is 5.73 Å². The van der Waals surface area contributed by atoms with Gasteiger partial charge in [0.2, 0.25) is 0 Å². The highest BCUT2D eigenvalue weighted by atomic mass is 35.5. The average molecular weight is 299 g/mol. The van der Waals surface area contributed by atoms with Crippen LogP contribution in [0.4, 0.5) is 11.4 Å². The number of hydrogen-bond acceptors (Lipinski definition) is 4. The van der Waals surface area contributed by atoms with Gasteiger partial charge in [-0.3, -0.25) is 10.1 Å². The van der Waals surface area contributed by atoms with Gasteiger partial charge in [-0.2, -0.15) is 0 Å². The van der Waals surface area contributed by atoms with Crippen LogP contribution in [0.5, 0.6) is 11.5 Å². The molecule has 0 saturated heterocycles. The lowest BCUT2D eigenvalue weighted by Crippen LogP contribution is -1.97. The van der Waals surface area contributed by atoms with Crippen molar-refractivity contribution >= 4 is 34.6 Å². The van der Waals surface area contributed by atoms with E-state index < -0.39 is 4.92 Å². The van der Waals surface area contributed by atoms with Crippen LogP contribution in [0.3, 0.4) is 0 Å². The fourth-order valence-electron chi connectivity index (χ4n) is 1.45. The highest BCUT2D eigenvalue weighted by Crippen LogP contribution is 2.36. The third kappa shape index (κ3) is 3.07. The summed E-state index contributed by atoms with van der Waals surface area (Å²) in [6.45, 7) is 0. The molecule has 2 N–H and O–H groups in total. The fraction of sp³-hybridized carbons (Fsp3) is 0. The first-order valence-corrected chi connectivity index (χ1v) is 5.90. The lowest BCUT2D eigenvalue weighted by Gasteiger charge is -2.08. The van der Waals surface area contributed by atoms with Crippen LogP contribution in [-0.4, -0.2) is 4.92 Å². The molecule has 19 heavy (non-hydrogen) atoms. The summed E-state index contributed by atoms with van der Waals surface area (Å²) in [4.78, 5) is 10.1. The van der Waals surface area contributed by atoms with Gasteiger partial charge in [0.05, 0.1) is 9.95 Å². The molecule has 2 rings (SSSR count). The average Bonchev–Trinajstić information content (AvgIpc) is 2.33. The number of rotatable bonds is 3. The molecule has 0 aliphatic heterocycles. The molecule has 0 unspecified atom stereocenters. The Balaban J connectivity index is 2.36. The van der Waals surface area contributed by atoms with E-state index in [0.717, 1.165) is 6.07 Å². The van der Waals surface area contributed by atoms with Gasteiger partial charge in [0, 0.05) is 17.2 Å². The van der Waals surface area contributed by atoms with Crippen molar-refractivity contribution in [1.82, 2.24) is 0 Å². The summed E-state index contributed by atoms with van der Waals surface area (Å²) >= 11 is 11.7. The lowest BCUT2D eigenvalue weighted by molar-refractivity contribution is -0.383. The van der Waals surface area contributed by atoms with Crippen LogP contribution in [0.2, 0.25) is 10.0 Å². The summed E-state index contributed by atoms with van der Waals surface area (Å²) in [6, 6.07) is 9.13. The monoisotopic (exact) mass is 298 g/mol. The minimum absolute atomic E-state index is 0.0218. The van der Waals surface area contributed by atoms with E-state index in [9.17, 15) is 10.1 Å². The maximum Gasteiger partial charge on any atom is 0.293 e. The summed E-state index contributed by atoms with van der Waals surface area (Å²) < 4.78 is 5.49. The van der Waals surface area contributed by atoms with Crippen LogP contribution in [0, 0.1) is 10.1 Å². The van der Waals surface area contributed by atoms with Crippen molar-refractivity contribution in [3.63, 3.8) is 0 Å². The van der Waals surface area contributed by atoms with E-state index >= 15 is 0 Å². The fourth-order valence-corrected chi connectivity index (χ4v) is 1.83. The van der Waals surface area contributed by atoms with Gasteiger partial charge in [0.15, 0.2) is 0 Å². The van der Waals surface area contributed by atoms with E-state index in [1.54, 1.807) is 24.3 Å². The molecule has 0 aliphatic rings. The van der Waals surface area contributed by atoms with Crippen molar-refractivity contribution < 1.29 is 9.66 Å². The molecule has 0 saturated carbocycles. The molecule has 0 aliphatic carbocycles. The topological polar surface area (TPSA) is 78.4 Å². The standard InChI is InChI=1S/C12H8Cl2N2O3/c13-7-2-1-3-8(4-7)19-12-6-10(15)11(16(17)18)5-9(12)14/h1-6H,15H2. The van der Waals surface area contributed by atoms with Gasteiger partial charge in [0.25, 0.3) is 5.69 Å². The van der Waals surface area contributed by atoms with E-state index in [2.05, 4.69) is 0 Å². The van der Waals surface area contributed by atoms with Crippen LogP contribution >= 0.6 is 23.2 Å². The minimum atomic E-state index is -0.607. The van der Waals surface area contributed by atoms with Crippen molar-refractivity contribution in [2.24, 2.45) is 0 Å². The van der Waals surface area contributed by atoms with Gasteiger partial charge in [-0.15, -0.1) is 0 Å². The molecule has 0 spiro atoms. The number of nitrogens with two attached hydrogens (primary N) is 1. The van der Waals surface area contributed by atoms with E-state index in [4.69, 9.17) is 33.7 Å². The van der Waals surface area contributed by atoms with Crippen molar-refractivity contribution in [3.8, 4) is 11.5 Å². The van der Waals surface area contributed by atoms with Gasteiger partial charge in [0.1, 0.15) is 17.2 Å². The number of anilines is 1. The number of benzene rings is 2. The molecular weight excluding hydrogens is 291 g/mol. The quantitative estimate of drug-likeness (QED) is 0.521. The van der Waals surface area contributed by atoms with Crippen LogP contribution in [0.15, 0.2) is 36.4 Å². The van der Waals surface area contributed by atoms with E-state index in [1.165, 1.54) is 6.07 Å². The molecule has 0 fully saturated rings. The number of nitrogens with zero attached hydrogens (tertiary/aromatic N) is 1. The second-order valence-electron chi connectivity index (χ2n) is 3.66. The molecule has 0 bridgehead atoms. The zero-order valence-electron chi connectivity index (χ0n) is 9.47. The Labute approximate surface area is 118 Å². The van der Waals surface area contributed by atoms with Crippen molar-refractivity contribution in [1.29, 1.82) is 0 Å². The SMILES string of the molecule is Nc1cc(Oc2cccc(Cl)c2)c(Cl)cc1[N+](=O)[O-]. The maximum atomic E-state index is 10.7.